The maximum atomic E-state index is 13.0. The molecule has 0 saturated carbocycles. The molecule has 1 atom stereocenters. The van der Waals surface area contributed by atoms with E-state index in [9.17, 15) is 9.59 Å². The number of amides is 1. The standard InChI is InChI=1S/C26H26N4O2S/c1-17(30-14-12-19(13-15-30)24(31)27-20-10-6-3-7-11-20)23-28-25(32)22-21(16-33-26(22)29-23)18-8-4-2-5-9-18/h2-11,16-17,19H,12-15H2,1H3,(H,27,31)(H,28,29,32)/t17-/m0/s1. The Morgan fingerprint density at radius 2 is 1.76 bits per heavy atom. The van der Waals surface area contributed by atoms with Crippen molar-refractivity contribution in [3.8, 4) is 11.1 Å². The maximum absolute atomic E-state index is 13.0. The zero-order valence-corrected chi connectivity index (χ0v) is 19.3. The highest BCUT2D eigenvalue weighted by molar-refractivity contribution is 7.17. The van der Waals surface area contributed by atoms with Crippen LogP contribution in [0.15, 0.2) is 70.8 Å². The molecule has 7 heteroatoms. The third-order valence-electron chi connectivity index (χ3n) is 6.43. The molecule has 1 saturated heterocycles. The van der Waals surface area contributed by atoms with E-state index in [1.807, 2.05) is 66.0 Å². The lowest BCUT2D eigenvalue weighted by Crippen LogP contribution is -2.40. The second kappa shape index (κ2) is 9.29. The zero-order valence-electron chi connectivity index (χ0n) is 18.5. The topological polar surface area (TPSA) is 78.1 Å². The van der Waals surface area contributed by atoms with E-state index in [-0.39, 0.29) is 23.4 Å². The lowest BCUT2D eigenvalue weighted by atomic mass is 9.94. The molecule has 0 aliphatic carbocycles. The van der Waals surface area contributed by atoms with Crippen molar-refractivity contribution in [3.05, 3.63) is 82.2 Å². The summed E-state index contributed by atoms with van der Waals surface area (Å²) in [6.07, 6.45) is 1.57. The number of benzene rings is 2. The van der Waals surface area contributed by atoms with Crippen LogP contribution in [0.2, 0.25) is 0 Å². The molecule has 5 rings (SSSR count). The van der Waals surface area contributed by atoms with E-state index in [1.54, 1.807) is 0 Å². The Bertz CT molecular complexity index is 1310. The molecule has 2 N–H and O–H groups in total. The minimum Gasteiger partial charge on any atom is -0.326 e. The van der Waals surface area contributed by atoms with E-state index in [2.05, 4.69) is 22.1 Å². The Hall–Kier alpha value is -3.29. The number of fused-ring (bicyclic) bond motifs is 1. The Kier molecular flexibility index (Phi) is 6.07. The minimum atomic E-state index is -0.0981. The molecule has 2 aromatic heterocycles. The van der Waals surface area contributed by atoms with Gasteiger partial charge in [0.05, 0.1) is 11.4 Å². The summed E-state index contributed by atoms with van der Waals surface area (Å²) in [5.74, 6) is 0.753. The van der Waals surface area contributed by atoms with E-state index in [0.717, 1.165) is 47.6 Å². The Morgan fingerprint density at radius 3 is 2.45 bits per heavy atom. The van der Waals surface area contributed by atoms with Crippen molar-refractivity contribution in [1.82, 2.24) is 14.9 Å². The van der Waals surface area contributed by atoms with Crippen molar-refractivity contribution < 1.29 is 4.79 Å². The van der Waals surface area contributed by atoms with Crippen LogP contribution >= 0.6 is 11.3 Å². The normalized spacial score (nSPS) is 16.0. The first-order valence-electron chi connectivity index (χ1n) is 11.3. The van der Waals surface area contributed by atoms with E-state index in [1.165, 1.54) is 11.3 Å². The molecule has 0 spiro atoms. The van der Waals surface area contributed by atoms with Crippen LogP contribution in [0.25, 0.3) is 21.3 Å². The Balaban J connectivity index is 1.28. The minimum absolute atomic E-state index is 0.00567. The van der Waals surface area contributed by atoms with Crippen molar-refractivity contribution in [1.29, 1.82) is 0 Å². The predicted octanol–water partition coefficient (Wildman–Crippen LogP) is 5.06. The molecule has 2 aromatic carbocycles. The Morgan fingerprint density at radius 1 is 1.09 bits per heavy atom. The summed E-state index contributed by atoms with van der Waals surface area (Å²) in [4.78, 5) is 36.5. The number of hydrogen-bond donors (Lipinski definition) is 2. The summed E-state index contributed by atoms with van der Waals surface area (Å²) in [7, 11) is 0. The molecular formula is C26H26N4O2S. The van der Waals surface area contributed by atoms with Crippen LogP contribution < -0.4 is 10.9 Å². The van der Waals surface area contributed by atoms with E-state index in [0.29, 0.717) is 11.2 Å². The van der Waals surface area contributed by atoms with Gasteiger partial charge < -0.3 is 10.3 Å². The largest absolute Gasteiger partial charge is 0.326 e. The number of H-pyrrole nitrogens is 1. The lowest BCUT2D eigenvalue weighted by molar-refractivity contribution is -0.121. The number of piperidine rings is 1. The third-order valence-corrected chi connectivity index (χ3v) is 7.30. The zero-order chi connectivity index (χ0) is 22.8. The number of carbonyl (C=O) groups excluding carboxylic acids is 1. The molecule has 3 heterocycles. The van der Waals surface area contributed by atoms with E-state index in [4.69, 9.17) is 4.98 Å². The summed E-state index contributed by atoms with van der Waals surface area (Å²) in [5.41, 5.74) is 2.68. The van der Waals surface area contributed by atoms with Crippen molar-refractivity contribution in [2.45, 2.75) is 25.8 Å². The van der Waals surface area contributed by atoms with E-state index < -0.39 is 0 Å². The number of thiophene rings is 1. The van der Waals surface area contributed by atoms with Gasteiger partial charge in [0.1, 0.15) is 10.7 Å². The lowest BCUT2D eigenvalue weighted by Gasteiger charge is -2.34. The fourth-order valence-corrected chi connectivity index (χ4v) is 5.44. The number of likely N-dealkylation sites (tertiary alicyclic amines) is 1. The summed E-state index contributed by atoms with van der Waals surface area (Å²) in [5, 5.41) is 5.67. The molecule has 4 aromatic rings. The molecule has 168 valence electrons. The number of carbonyl (C=O) groups is 1. The molecule has 1 amide bonds. The molecule has 0 radical (unpaired) electrons. The van der Waals surface area contributed by atoms with E-state index >= 15 is 0 Å². The van der Waals surface area contributed by atoms with Gasteiger partial charge in [-0.2, -0.15) is 0 Å². The van der Waals surface area contributed by atoms with Gasteiger partial charge in [0, 0.05) is 22.5 Å². The number of anilines is 1. The summed E-state index contributed by atoms with van der Waals surface area (Å²) in [6, 6.07) is 19.5. The molecule has 0 unspecified atom stereocenters. The van der Waals surface area contributed by atoms with Crippen LogP contribution in [-0.2, 0) is 4.79 Å². The van der Waals surface area contributed by atoms with Gasteiger partial charge in [0.25, 0.3) is 5.56 Å². The van der Waals surface area contributed by atoms with Gasteiger partial charge in [-0.3, -0.25) is 14.5 Å². The number of hydrogen-bond acceptors (Lipinski definition) is 5. The first kappa shape index (κ1) is 21.6. The van der Waals surface area contributed by atoms with Gasteiger partial charge in [-0.05, 0) is 50.6 Å². The molecule has 1 fully saturated rings. The average molecular weight is 459 g/mol. The van der Waals surface area contributed by atoms with Gasteiger partial charge in [0.2, 0.25) is 5.91 Å². The molecule has 1 aliphatic heterocycles. The number of rotatable bonds is 5. The third kappa shape index (κ3) is 4.47. The highest BCUT2D eigenvalue weighted by Crippen LogP contribution is 2.32. The van der Waals surface area contributed by atoms with Crippen LogP contribution in [0, 0.1) is 5.92 Å². The fourth-order valence-electron chi connectivity index (χ4n) is 4.48. The van der Waals surface area contributed by atoms with Crippen LogP contribution in [0.1, 0.15) is 31.6 Å². The van der Waals surface area contributed by atoms with Gasteiger partial charge >= 0.3 is 0 Å². The van der Waals surface area contributed by atoms with Crippen LogP contribution in [0.5, 0.6) is 0 Å². The van der Waals surface area contributed by atoms with Crippen molar-refractivity contribution >= 4 is 33.1 Å². The molecule has 1 aliphatic rings. The van der Waals surface area contributed by atoms with Gasteiger partial charge in [-0.25, -0.2) is 4.98 Å². The second-order valence-electron chi connectivity index (χ2n) is 8.49. The van der Waals surface area contributed by atoms with Crippen LogP contribution in [0.4, 0.5) is 5.69 Å². The van der Waals surface area contributed by atoms with Crippen molar-refractivity contribution in [2.75, 3.05) is 18.4 Å². The number of nitrogens with one attached hydrogen (secondary N) is 2. The summed E-state index contributed by atoms with van der Waals surface area (Å²) in [6.45, 7) is 3.64. The monoisotopic (exact) mass is 458 g/mol. The number of para-hydroxylation sites is 1. The quantitative estimate of drug-likeness (QED) is 0.438. The number of aromatic amines is 1. The SMILES string of the molecule is C[C@@H](c1nc2scc(-c3ccccc3)c2c(=O)[nH]1)N1CCC(C(=O)Nc2ccccc2)CC1. The molecule has 6 nitrogen and oxygen atoms in total. The summed E-state index contributed by atoms with van der Waals surface area (Å²) >= 11 is 1.50. The predicted molar refractivity (Wildman–Crippen MR) is 133 cm³/mol. The first-order chi connectivity index (χ1) is 16.1. The second-order valence-corrected chi connectivity index (χ2v) is 9.35. The van der Waals surface area contributed by atoms with Gasteiger partial charge in [0.15, 0.2) is 0 Å². The van der Waals surface area contributed by atoms with Crippen molar-refractivity contribution in [3.63, 3.8) is 0 Å². The van der Waals surface area contributed by atoms with Gasteiger partial charge in [-0.15, -0.1) is 11.3 Å². The first-order valence-corrected chi connectivity index (χ1v) is 12.1. The highest BCUT2D eigenvalue weighted by atomic mass is 32.1. The fraction of sp³-hybridized carbons (Fsp3) is 0.269. The van der Waals surface area contributed by atoms with Crippen LogP contribution in [0.3, 0.4) is 0 Å². The number of nitrogens with zero attached hydrogens (tertiary/aromatic N) is 2. The molecule has 33 heavy (non-hydrogen) atoms. The maximum Gasteiger partial charge on any atom is 0.260 e. The Labute approximate surface area is 196 Å². The number of aromatic nitrogens is 2. The molecular weight excluding hydrogens is 432 g/mol. The van der Waals surface area contributed by atoms with Crippen LogP contribution in [-0.4, -0.2) is 33.9 Å². The highest BCUT2D eigenvalue weighted by Gasteiger charge is 2.29. The summed E-state index contributed by atoms with van der Waals surface area (Å²) < 4.78 is 0. The average Bonchev–Trinajstić information content (AvgIpc) is 3.30. The van der Waals surface area contributed by atoms with Gasteiger partial charge in [-0.1, -0.05) is 48.5 Å². The molecule has 0 bridgehead atoms. The smallest absolute Gasteiger partial charge is 0.260 e. The van der Waals surface area contributed by atoms with Crippen molar-refractivity contribution in [2.24, 2.45) is 5.92 Å².